The minimum absolute atomic E-state index is 0.0116. The summed E-state index contributed by atoms with van der Waals surface area (Å²) in [7, 11) is 0. The second kappa shape index (κ2) is 9.75. The number of ketones is 1. The van der Waals surface area contributed by atoms with Crippen LogP contribution in [0, 0.1) is 0 Å². The summed E-state index contributed by atoms with van der Waals surface area (Å²) in [5, 5.41) is 5.05. The molecule has 1 amide bonds. The van der Waals surface area contributed by atoms with Crippen LogP contribution in [0.1, 0.15) is 30.1 Å². The number of fused-ring (bicyclic) bond motifs is 1. The van der Waals surface area contributed by atoms with Crippen molar-refractivity contribution in [3.63, 3.8) is 0 Å². The highest BCUT2D eigenvalue weighted by atomic mass is 16.2. The van der Waals surface area contributed by atoms with E-state index in [2.05, 4.69) is 34.2 Å². The summed E-state index contributed by atoms with van der Waals surface area (Å²) in [5.41, 5.74) is 2.60. The third-order valence-electron chi connectivity index (χ3n) is 5.99. The Bertz CT molecular complexity index is 1050. The van der Waals surface area contributed by atoms with Crippen molar-refractivity contribution in [2.24, 2.45) is 0 Å². The van der Waals surface area contributed by atoms with E-state index in [9.17, 15) is 9.59 Å². The van der Waals surface area contributed by atoms with Crippen molar-refractivity contribution in [2.75, 3.05) is 42.9 Å². The highest BCUT2D eigenvalue weighted by Crippen LogP contribution is 2.20. The number of carbonyl (C=O) groups excluding carboxylic acids is 2. The van der Waals surface area contributed by atoms with Crippen LogP contribution in [0.2, 0.25) is 0 Å². The van der Waals surface area contributed by atoms with E-state index in [1.54, 1.807) is 0 Å². The molecule has 4 rings (SSSR count). The van der Waals surface area contributed by atoms with Crippen LogP contribution in [-0.4, -0.2) is 49.3 Å². The fourth-order valence-corrected chi connectivity index (χ4v) is 4.04. The zero-order chi connectivity index (χ0) is 21.6. The van der Waals surface area contributed by atoms with Gasteiger partial charge in [0.15, 0.2) is 5.78 Å². The number of Topliss-reactive ketones (excluding diaryl/α,β-unsaturated/α-hetero) is 1. The summed E-state index contributed by atoms with van der Waals surface area (Å²) in [6, 6.07) is 21.6. The molecule has 3 aromatic rings. The number of hydrogen-bond donors (Lipinski definition) is 1. The molecule has 31 heavy (non-hydrogen) atoms. The molecule has 1 aliphatic rings. The molecule has 0 aliphatic carbocycles. The summed E-state index contributed by atoms with van der Waals surface area (Å²) in [6.07, 6.45) is 0.371. The first kappa shape index (κ1) is 21.1. The monoisotopic (exact) mass is 415 g/mol. The van der Waals surface area contributed by atoms with Gasteiger partial charge in [-0.3, -0.25) is 9.59 Å². The van der Waals surface area contributed by atoms with Gasteiger partial charge in [0, 0.05) is 56.0 Å². The predicted octanol–water partition coefficient (Wildman–Crippen LogP) is 4.58. The van der Waals surface area contributed by atoms with E-state index in [0.29, 0.717) is 5.56 Å². The number of benzene rings is 3. The topological polar surface area (TPSA) is 52.6 Å². The van der Waals surface area contributed by atoms with Crippen LogP contribution in [0.25, 0.3) is 10.8 Å². The zero-order valence-corrected chi connectivity index (χ0v) is 18.0. The van der Waals surface area contributed by atoms with Gasteiger partial charge in [0.2, 0.25) is 5.91 Å². The Labute approximate surface area is 183 Å². The van der Waals surface area contributed by atoms with Crippen molar-refractivity contribution in [3.8, 4) is 0 Å². The molecule has 1 aliphatic heterocycles. The van der Waals surface area contributed by atoms with Gasteiger partial charge in [-0.05, 0) is 47.6 Å². The maximum Gasteiger partial charge on any atom is 0.224 e. The second-order valence-electron chi connectivity index (χ2n) is 8.00. The van der Waals surface area contributed by atoms with Gasteiger partial charge in [0.1, 0.15) is 0 Å². The molecule has 0 radical (unpaired) electrons. The molecule has 5 nitrogen and oxygen atoms in total. The normalized spacial score (nSPS) is 14.5. The number of piperazine rings is 1. The molecule has 0 spiro atoms. The summed E-state index contributed by atoms with van der Waals surface area (Å²) in [5.74, 6) is -0.152. The van der Waals surface area contributed by atoms with E-state index in [1.807, 2.05) is 54.6 Å². The minimum atomic E-state index is -0.140. The van der Waals surface area contributed by atoms with Crippen molar-refractivity contribution < 1.29 is 9.59 Å². The molecular weight excluding hydrogens is 386 g/mol. The summed E-state index contributed by atoms with van der Waals surface area (Å²) >= 11 is 0. The van der Waals surface area contributed by atoms with Gasteiger partial charge in [-0.2, -0.15) is 0 Å². The third-order valence-corrected chi connectivity index (χ3v) is 5.99. The number of rotatable bonds is 7. The van der Waals surface area contributed by atoms with Gasteiger partial charge in [-0.15, -0.1) is 0 Å². The Morgan fingerprint density at radius 3 is 2.26 bits per heavy atom. The number of carbonyl (C=O) groups is 2. The first-order chi connectivity index (χ1) is 15.1. The number of amides is 1. The Morgan fingerprint density at radius 2 is 1.55 bits per heavy atom. The zero-order valence-electron chi connectivity index (χ0n) is 18.0. The molecule has 0 bridgehead atoms. The summed E-state index contributed by atoms with van der Waals surface area (Å²) in [6.45, 7) is 7.51. The Balaban J connectivity index is 1.28. The lowest BCUT2D eigenvalue weighted by molar-refractivity contribution is -0.116. The molecular formula is C26H29N3O2. The van der Waals surface area contributed by atoms with Gasteiger partial charge in [-0.1, -0.05) is 43.3 Å². The van der Waals surface area contributed by atoms with Crippen LogP contribution in [0.5, 0.6) is 0 Å². The Kier molecular flexibility index (Phi) is 6.63. The lowest BCUT2D eigenvalue weighted by Gasteiger charge is -2.35. The minimum Gasteiger partial charge on any atom is -0.369 e. The fraction of sp³-hybridized carbons (Fsp3) is 0.308. The van der Waals surface area contributed by atoms with Gasteiger partial charge < -0.3 is 15.1 Å². The number of likely N-dealkylation sites (N-methyl/N-ethyl adjacent to an activating group) is 1. The largest absolute Gasteiger partial charge is 0.369 e. The van der Waals surface area contributed by atoms with Crippen molar-refractivity contribution in [2.45, 2.75) is 19.8 Å². The van der Waals surface area contributed by atoms with Crippen molar-refractivity contribution in [3.05, 3.63) is 72.3 Å². The number of anilines is 2. The quantitative estimate of drug-likeness (QED) is 0.574. The smallest absolute Gasteiger partial charge is 0.224 e. The molecule has 1 heterocycles. The molecule has 160 valence electrons. The van der Waals surface area contributed by atoms with E-state index in [-0.39, 0.29) is 24.5 Å². The maximum atomic E-state index is 12.5. The van der Waals surface area contributed by atoms with Gasteiger partial charge in [0.05, 0.1) is 0 Å². The molecule has 0 atom stereocenters. The van der Waals surface area contributed by atoms with Crippen LogP contribution >= 0.6 is 0 Å². The van der Waals surface area contributed by atoms with E-state index in [1.165, 1.54) is 5.69 Å². The molecule has 1 fully saturated rings. The van der Waals surface area contributed by atoms with Crippen LogP contribution in [0.15, 0.2) is 66.7 Å². The molecule has 0 aromatic heterocycles. The van der Waals surface area contributed by atoms with Crippen LogP contribution in [0.4, 0.5) is 11.4 Å². The van der Waals surface area contributed by atoms with Crippen molar-refractivity contribution >= 4 is 33.8 Å². The first-order valence-electron chi connectivity index (χ1n) is 11.0. The van der Waals surface area contributed by atoms with Crippen LogP contribution in [-0.2, 0) is 4.79 Å². The second-order valence-corrected chi connectivity index (χ2v) is 8.00. The molecule has 5 heteroatoms. The van der Waals surface area contributed by atoms with E-state index in [4.69, 9.17) is 0 Å². The highest BCUT2D eigenvalue weighted by Gasteiger charge is 2.16. The van der Waals surface area contributed by atoms with E-state index >= 15 is 0 Å². The molecule has 3 aromatic carbocycles. The molecule has 0 saturated carbocycles. The first-order valence-corrected chi connectivity index (χ1v) is 11.0. The SMILES string of the molecule is CCN1CCN(c2ccc(NC(=O)CCC(=O)c3ccc4ccccc4c3)cc2)CC1. The van der Waals surface area contributed by atoms with E-state index < -0.39 is 0 Å². The van der Waals surface area contributed by atoms with Gasteiger partial charge in [0.25, 0.3) is 0 Å². The third kappa shape index (κ3) is 5.30. The summed E-state index contributed by atoms with van der Waals surface area (Å²) in [4.78, 5) is 29.7. The maximum absolute atomic E-state index is 12.5. The van der Waals surface area contributed by atoms with Gasteiger partial charge in [-0.25, -0.2) is 0 Å². The standard InChI is InChI=1S/C26H29N3O2/c1-2-28-15-17-29(18-16-28)24-11-9-23(10-12-24)27-26(31)14-13-25(30)22-8-7-20-5-3-4-6-21(20)19-22/h3-12,19H,2,13-18H2,1H3,(H,27,31). The Morgan fingerprint density at radius 1 is 0.839 bits per heavy atom. The number of hydrogen-bond acceptors (Lipinski definition) is 4. The predicted molar refractivity (Wildman–Crippen MR) is 127 cm³/mol. The average molecular weight is 416 g/mol. The Hall–Kier alpha value is -3.18. The van der Waals surface area contributed by atoms with Gasteiger partial charge >= 0.3 is 0 Å². The lowest BCUT2D eigenvalue weighted by Crippen LogP contribution is -2.46. The fourth-order valence-electron chi connectivity index (χ4n) is 4.04. The molecule has 0 unspecified atom stereocenters. The van der Waals surface area contributed by atoms with Crippen LogP contribution < -0.4 is 10.2 Å². The lowest BCUT2D eigenvalue weighted by atomic mass is 10.0. The highest BCUT2D eigenvalue weighted by molar-refractivity contribution is 6.02. The van der Waals surface area contributed by atoms with Crippen molar-refractivity contribution in [1.29, 1.82) is 0 Å². The average Bonchev–Trinajstić information content (AvgIpc) is 2.83. The van der Waals surface area contributed by atoms with Crippen LogP contribution in [0.3, 0.4) is 0 Å². The molecule has 1 N–H and O–H groups in total. The van der Waals surface area contributed by atoms with Crippen molar-refractivity contribution in [1.82, 2.24) is 4.90 Å². The summed E-state index contributed by atoms with van der Waals surface area (Å²) < 4.78 is 0. The van der Waals surface area contributed by atoms with E-state index in [0.717, 1.165) is 49.2 Å². The number of nitrogens with zero attached hydrogens (tertiary/aromatic N) is 2. The molecule has 1 saturated heterocycles. The number of nitrogens with one attached hydrogen (secondary N) is 1.